The highest BCUT2D eigenvalue weighted by Crippen LogP contribution is 2.30. The summed E-state index contributed by atoms with van der Waals surface area (Å²) < 4.78 is 40.5. The molecule has 0 bridgehead atoms. The average Bonchev–Trinajstić information content (AvgIpc) is 3.12. The first kappa shape index (κ1) is 22.0. The molecule has 3 heterocycles. The van der Waals surface area contributed by atoms with Gasteiger partial charge >= 0.3 is 6.18 Å². The lowest BCUT2D eigenvalue weighted by molar-refractivity contribution is -0.137. The molecule has 32 heavy (non-hydrogen) atoms. The van der Waals surface area contributed by atoms with Crippen molar-refractivity contribution in [2.75, 3.05) is 13.1 Å². The number of hydrogen-bond acceptors (Lipinski definition) is 3. The number of carbonyl (C=O) groups is 1. The minimum Gasteiger partial charge on any atom is -0.338 e. The second-order valence-corrected chi connectivity index (χ2v) is 8.32. The number of piperidine rings is 1. The number of alkyl halides is 3. The Kier molecular flexibility index (Phi) is 6.04. The molecule has 2 aromatic heterocycles. The van der Waals surface area contributed by atoms with Gasteiger partial charge in [-0.25, -0.2) is 0 Å². The van der Waals surface area contributed by atoms with Crippen molar-refractivity contribution < 1.29 is 18.0 Å². The number of benzene rings is 1. The van der Waals surface area contributed by atoms with Crippen LogP contribution in [0, 0.1) is 6.92 Å². The second-order valence-electron chi connectivity index (χ2n) is 8.32. The zero-order chi connectivity index (χ0) is 22.9. The molecule has 1 aromatic carbocycles. The van der Waals surface area contributed by atoms with Gasteiger partial charge in [0, 0.05) is 43.6 Å². The molecule has 1 amide bonds. The Hall–Kier alpha value is -3.16. The third-order valence-corrected chi connectivity index (χ3v) is 6.10. The van der Waals surface area contributed by atoms with E-state index in [1.165, 1.54) is 12.1 Å². The molecule has 1 atom stereocenters. The minimum atomic E-state index is -4.35. The van der Waals surface area contributed by atoms with Crippen molar-refractivity contribution >= 4 is 5.91 Å². The predicted octanol–water partition coefficient (Wildman–Crippen LogP) is 4.75. The van der Waals surface area contributed by atoms with Crippen LogP contribution in [0.1, 0.15) is 57.2 Å². The third-order valence-electron chi connectivity index (χ3n) is 6.10. The van der Waals surface area contributed by atoms with Gasteiger partial charge in [-0.05, 0) is 49.4 Å². The molecule has 0 aliphatic carbocycles. The second kappa shape index (κ2) is 8.76. The molecule has 1 aliphatic heterocycles. The lowest BCUT2D eigenvalue weighted by Gasteiger charge is -2.32. The first-order valence-electron chi connectivity index (χ1n) is 10.6. The number of nitrogens with zero attached hydrogens (tertiary/aromatic N) is 4. The number of amides is 1. The normalized spacial score (nSPS) is 16.9. The van der Waals surface area contributed by atoms with E-state index in [9.17, 15) is 18.0 Å². The maximum atomic E-state index is 12.9. The van der Waals surface area contributed by atoms with E-state index in [-0.39, 0.29) is 11.8 Å². The van der Waals surface area contributed by atoms with E-state index in [0.717, 1.165) is 35.9 Å². The van der Waals surface area contributed by atoms with Gasteiger partial charge in [0.2, 0.25) is 0 Å². The summed E-state index contributed by atoms with van der Waals surface area (Å²) in [7, 11) is 1.82. The Morgan fingerprint density at radius 1 is 1.16 bits per heavy atom. The van der Waals surface area contributed by atoms with E-state index in [4.69, 9.17) is 0 Å². The Bertz CT molecular complexity index is 1110. The predicted molar refractivity (Wildman–Crippen MR) is 114 cm³/mol. The van der Waals surface area contributed by atoms with E-state index in [1.807, 2.05) is 31.0 Å². The fraction of sp³-hybridized carbons (Fsp3) is 0.375. The van der Waals surface area contributed by atoms with E-state index < -0.39 is 11.7 Å². The lowest BCUT2D eigenvalue weighted by atomic mass is 9.93. The number of rotatable bonds is 4. The van der Waals surface area contributed by atoms with Crippen LogP contribution in [-0.4, -0.2) is 38.7 Å². The summed E-state index contributed by atoms with van der Waals surface area (Å²) in [5.74, 6) is 0.119. The van der Waals surface area contributed by atoms with Crippen LogP contribution in [0.5, 0.6) is 0 Å². The van der Waals surface area contributed by atoms with E-state index in [2.05, 4.69) is 10.1 Å². The molecular weight excluding hydrogens is 417 g/mol. The molecule has 1 aliphatic rings. The van der Waals surface area contributed by atoms with Crippen molar-refractivity contribution in [2.24, 2.45) is 7.05 Å². The van der Waals surface area contributed by atoms with Crippen molar-refractivity contribution in [3.63, 3.8) is 0 Å². The maximum Gasteiger partial charge on any atom is 0.416 e. The van der Waals surface area contributed by atoms with Gasteiger partial charge in [0.15, 0.2) is 0 Å². The largest absolute Gasteiger partial charge is 0.416 e. The van der Waals surface area contributed by atoms with Crippen LogP contribution in [-0.2, 0) is 19.6 Å². The highest BCUT2D eigenvalue weighted by atomic mass is 19.4. The first-order valence-corrected chi connectivity index (χ1v) is 10.6. The Balaban J connectivity index is 1.44. The maximum absolute atomic E-state index is 12.9. The van der Waals surface area contributed by atoms with Crippen LogP contribution in [0.2, 0.25) is 0 Å². The van der Waals surface area contributed by atoms with Gasteiger partial charge in [0.05, 0.1) is 17.3 Å². The van der Waals surface area contributed by atoms with Gasteiger partial charge in [-0.1, -0.05) is 24.3 Å². The quantitative estimate of drug-likeness (QED) is 0.586. The molecule has 0 N–H and O–H groups in total. The highest BCUT2D eigenvalue weighted by Gasteiger charge is 2.30. The zero-order valence-electron chi connectivity index (χ0n) is 18.1. The summed E-state index contributed by atoms with van der Waals surface area (Å²) in [5.41, 5.74) is 3.17. The van der Waals surface area contributed by atoms with Crippen molar-refractivity contribution in [1.29, 1.82) is 0 Å². The smallest absolute Gasteiger partial charge is 0.338 e. The number of pyridine rings is 1. The van der Waals surface area contributed by atoms with Gasteiger partial charge in [0.25, 0.3) is 5.91 Å². The van der Waals surface area contributed by atoms with Crippen molar-refractivity contribution in [1.82, 2.24) is 19.7 Å². The molecule has 0 saturated carbocycles. The molecular formula is C24H25F3N4O. The van der Waals surface area contributed by atoms with Gasteiger partial charge < -0.3 is 4.90 Å². The molecule has 5 nitrogen and oxygen atoms in total. The molecule has 0 radical (unpaired) electrons. The zero-order valence-corrected chi connectivity index (χ0v) is 18.1. The number of halogens is 3. The fourth-order valence-corrected chi connectivity index (χ4v) is 4.16. The van der Waals surface area contributed by atoms with Gasteiger partial charge in [0.1, 0.15) is 0 Å². The van der Waals surface area contributed by atoms with Crippen LogP contribution in [0.15, 0.2) is 48.8 Å². The number of likely N-dealkylation sites (tertiary alicyclic amines) is 1. The standard InChI is InChI=1S/C24H25F3N4O/c1-16-21(14-29-30(16)2)23(32)31-10-4-6-19(15-31)22-9-8-18(13-28-22)11-17-5-3-7-20(12-17)24(25,26)27/h3,5,7-9,12-14,19H,4,6,10-11,15H2,1-2H3. The van der Waals surface area contributed by atoms with Crippen LogP contribution in [0.3, 0.4) is 0 Å². The lowest BCUT2D eigenvalue weighted by Crippen LogP contribution is -2.39. The summed E-state index contributed by atoms with van der Waals surface area (Å²) in [5, 5.41) is 4.17. The van der Waals surface area contributed by atoms with Crippen LogP contribution >= 0.6 is 0 Å². The third kappa shape index (κ3) is 4.69. The molecule has 1 saturated heterocycles. The molecule has 1 fully saturated rings. The van der Waals surface area contributed by atoms with Crippen LogP contribution < -0.4 is 0 Å². The van der Waals surface area contributed by atoms with Crippen LogP contribution in [0.25, 0.3) is 0 Å². The monoisotopic (exact) mass is 442 g/mol. The molecule has 1 unspecified atom stereocenters. The van der Waals surface area contributed by atoms with Crippen molar-refractivity contribution in [3.05, 3.63) is 82.4 Å². The average molecular weight is 442 g/mol. The van der Waals surface area contributed by atoms with Crippen LogP contribution in [0.4, 0.5) is 13.2 Å². The molecule has 8 heteroatoms. The Morgan fingerprint density at radius 3 is 2.62 bits per heavy atom. The molecule has 0 spiro atoms. The summed E-state index contributed by atoms with van der Waals surface area (Å²) >= 11 is 0. The SMILES string of the molecule is Cc1c(C(=O)N2CCCC(c3ccc(Cc4cccc(C(F)(F)F)c4)cn3)C2)cnn1C. The minimum absolute atomic E-state index is 0.0125. The van der Waals surface area contributed by atoms with Gasteiger partial charge in [-0.2, -0.15) is 18.3 Å². The summed E-state index contributed by atoms with van der Waals surface area (Å²) in [6.07, 6.45) is 1.20. The van der Waals surface area contributed by atoms with E-state index in [1.54, 1.807) is 23.1 Å². The Morgan fingerprint density at radius 2 is 1.97 bits per heavy atom. The number of aryl methyl sites for hydroxylation is 1. The summed E-state index contributed by atoms with van der Waals surface area (Å²) in [4.78, 5) is 19.4. The molecule has 168 valence electrons. The Labute approximate surface area is 184 Å². The summed E-state index contributed by atoms with van der Waals surface area (Å²) in [6, 6.07) is 9.21. The van der Waals surface area contributed by atoms with E-state index >= 15 is 0 Å². The molecule has 3 aromatic rings. The highest BCUT2D eigenvalue weighted by molar-refractivity contribution is 5.95. The number of aromatic nitrogens is 3. The molecule has 4 rings (SSSR count). The summed E-state index contributed by atoms with van der Waals surface area (Å²) in [6.45, 7) is 3.18. The number of hydrogen-bond donors (Lipinski definition) is 0. The first-order chi connectivity index (χ1) is 15.2. The van der Waals surface area contributed by atoms with Gasteiger partial charge in [-0.15, -0.1) is 0 Å². The number of carbonyl (C=O) groups excluding carboxylic acids is 1. The van der Waals surface area contributed by atoms with Gasteiger partial charge in [-0.3, -0.25) is 14.5 Å². The van der Waals surface area contributed by atoms with E-state index in [0.29, 0.717) is 30.6 Å². The van der Waals surface area contributed by atoms with Crippen molar-refractivity contribution in [3.8, 4) is 0 Å². The topological polar surface area (TPSA) is 51.0 Å². The fourth-order valence-electron chi connectivity index (χ4n) is 4.16. The van der Waals surface area contributed by atoms with Crippen molar-refractivity contribution in [2.45, 2.75) is 38.3 Å².